The number of amides is 3. The van der Waals surface area contributed by atoms with E-state index in [9.17, 15) is 19.2 Å². The van der Waals surface area contributed by atoms with Gasteiger partial charge >= 0.3 is 5.97 Å². The van der Waals surface area contributed by atoms with Crippen LogP contribution in [0.4, 0.5) is 5.69 Å². The molecule has 0 unspecified atom stereocenters. The lowest BCUT2D eigenvalue weighted by Gasteiger charge is -2.13. The van der Waals surface area contributed by atoms with Crippen molar-refractivity contribution >= 4 is 50.9 Å². The Labute approximate surface area is 197 Å². The van der Waals surface area contributed by atoms with E-state index < -0.39 is 11.9 Å². The van der Waals surface area contributed by atoms with Crippen molar-refractivity contribution in [3.63, 3.8) is 0 Å². The molecule has 0 atom stereocenters. The molecule has 0 spiro atoms. The number of ether oxygens (including phenoxy) is 3. The van der Waals surface area contributed by atoms with Crippen molar-refractivity contribution in [2.75, 3.05) is 18.3 Å². The van der Waals surface area contributed by atoms with Gasteiger partial charge in [0, 0.05) is 30.5 Å². The number of rotatable bonds is 5. The molecule has 0 radical (unpaired) electrons. The molecule has 10 nitrogen and oxygen atoms in total. The molecule has 5 rings (SSSR count). The number of hydrogen-bond acceptors (Lipinski definition) is 8. The van der Waals surface area contributed by atoms with Crippen LogP contribution in [0.25, 0.3) is 10.2 Å². The van der Waals surface area contributed by atoms with Gasteiger partial charge < -0.3 is 18.8 Å². The van der Waals surface area contributed by atoms with Gasteiger partial charge in [0.15, 0.2) is 16.3 Å². The Morgan fingerprint density at radius 3 is 2.41 bits per heavy atom. The largest absolute Gasteiger partial charge is 0.465 e. The van der Waals surface area contributed by atoms with Gasteiger partial charge in [-0.15, -0.1) is 0 Å². The van der Waals surface area contributed by atoms with Gasteiger partial charge in [-0.1, -0.05) is 11.3 Å². The second kappa shape index (κ2) is 8.75. The summed E-state index contributed by atoms with van der Waals surface area (Å²) in [6.45, 7) is 1.93. The molecule has 0 aliphatic carbocycles. The molecule has 3 heterocycles. The molecule has 0 N–H and O–H groups in total. The number of carbonyl (C=O) groups excluding carboxylic acids is 4. The molecule has 0 saturated carbocycles. The number of nitrogens with zero attached hydrogens (tertiary/aromatic N) is 3. The highest BCUT2D eigenvalue weighted by atomic mass is 32.1. The second-order valence-corrected chi connectivity index (χ2v) is 8.54. The minimum Gasteiger partial charge on any atom is -0.465 e. The average molecular weight is 481 g/mol. The highest BCUT2D eigenvalue weighted by molar-refractivity contribution is 7.16. The Bertz CT molecular complexity index is 1390. The summed E-state index contributed by atoms with van der Waals surface area (Å²) in [6, 6.07) is 9.64. The SMILES string of the molecule is CCOC(=O)Cn1c(=NC(=O)c2ccc(N3C(=O)CCC3=O)cc2)sc2cc3c(cc21)OCO3. The van der Waals surface area contributed by atoms with Crippen LogP contribution >= 0.6 is 11.3 Å². The third kappa shape index (κ3) is 3.94. The molecule has 3 amide bonds. The van der Waals surface area contributed by atoms with Gasteiger partial charge in [-0.3, -0.25) is 24.1 Å². The molecule has 3 aromatic rings. The number of aromatic nitrogens is 1. The zero-order valence-electron chi connectivity index (χ0n) is 18.1. The molecular formula is C23H19N3O7S. The number of esters is 1. The Hall–Kier alpha value is -3.99. The maximum atomic E-state index is 12.9. The smallest absolute Gasteiger partial charge is 0.326 e. The van der Waals surface area contributed by atoms with E-state index in [2.05, 4.69) is 4.99 Å². The highest BCUT2D eigenvalue weighted by Crippen LogP contribution is 2.37. The monoisotopic (exact) mass is 481 g/mol. The Morgan fingerprint density at radius 1 is 1.06 bits per heavy atom. The zero-order valence-corrected chi connectivity index (χ0v) is 18.9. The van der Waals surface area contributed by atoms with Crippen molar-refractivity contribution in [3.8, 4) is 11.5 Å². The molecule has 1 fully saturated rings. The minimum absolute atomic E-state index is 0.116. The third-order valence-electron chi connectivity index (χ3n) is 5.39. The molecule has 1 aromatic heterocycles. The van der Waals surface area contributed by atoms with E-state index in [1.807, 2.05) is 0 Å². The minimum atomic E-state index is -0.533. The van der Waals surface area contributed by atoms with Crippen molar-refractivity contribution in [2.24, 2.45) is 4.99 Å². The highest BCUT2D eigenvalue weighted by Gasteiger charge is 2.30. The van der Waals surface area contributed by atoms with Crippen molar-refractivity contribution in [1.82, 2.24) is 4.57 Å². The van der Waals surface area contributed by atoms with Gasteiger partial charge in [-0.2, -0.15) is 4.99 Å². The van der Waals surface area contributed by atoms with Gasteiger partial charge in [0.25, 0.3) is 5.91 Å². The normalized spacial score (nSPS) is 15.4. The third-order valence-corrected chi connectivity index (χ3v) is 6.43. The van der Waals surface area contributed by atoms with Gasteiger partial charge in [0.05, 0.1) is 22.5 Å². The van der Waals surface area contributed by atoms with Crippen molar-refractivity contribution in [1.29, 1.82) is 0 Å². The van der Waals surface area contributed by atoms with Crippen LogP contribution in [-0.2, 0) is 25.7 Å². The van der Waals surface area contributed by atoms with Crippen molar-refractivity contribution < 1.29 is 33.4 Å². The molecule has 1 saturated heterocycles. The topological polar surface area (TPSA) is 116 Å². The Balaban J connectivity index is 1.51. The number of imide groups is 1. The van der Waals surface area contributed by atoms with Gasteiger partial charge in [0.1, 0.15) is 6.54 Å². The number of fused-ring (bicyclic) bond motifs is 2. The lowest BCUT2D eigenvalue weighted by Crippen LogP contribution is -2.28. The van der Waals surface area contributed by atoms with E-state index in [4.69, 9.17) is 14.2 Å². The summed E-state index contributed by atoms with van der Waals surface area (Å²) in [5, 5.41) is 0. The van der Waals surface area contributed by atoms with Crippen LogP contribution < -0.4 is 19.2 Å². The summed E-state index contributed by atoms with van der Waals surface area (Å²) in [5.41, 5.74) is 1.35. The first kappa shape index (κ1) is 21.8. The number of anilines is 1. The summed E-state index contributed by atoms with van der Waals surface area (Å²) in [7, 11) is 0. The van der Waals surface area contributed by atoms with Crippen LogP contribution in [0.2, 0.25) is 0 Å². The molecule has 0 bridgehead atoms. The number of benzene rings is 2. The Kier molecular flexibility index (Phi) is 5.62. The molecule has 2 aliphatic heterocycles. The van der Waals surface area contributed by atoms with Crippen LogP contribution in [0.3, 0.4) is 0 Å². The lowest BCUT2D eigenvalue weighted by atomic mass is 10.2. The fourth-order valence-corrected chi connectivity index (χ4v) is 4.84. The number of hydrogen-bond donors (Lipinski definition) is 0. The fourth-order valence-electron chi connectivity index (χ4n) is 3.80. The summed E-state index contributed by atoms with van der Waals surface area (Å²) < 4.78 is 18.3. The summed E-state index contributed by atoms with van der Waals surface area (Å²) in [5.74, 6) is -0.399. The van der Waals surface area contributed by atoms with Crippen molar-refractivity contribution in [2.45, 2.75) is 26.3 Å². The average Bonchev–Trinajstić information content (AvgIpc) is 3.50. The maximum Gasteiger partial charge on any atom is 0.326 e. The summed E-state index contributed by atoms with van der Waals surface area (Å²) in [4.78, 5) is 54.7. The number of carbonyl (C=O) groups is 4. The van der Waals surface area contributed by atoms with E-state index in [1.165, 1.54) is 23.5 Å². The van der Waals surface area contributed by atoms with Crippen LogP contribution in [-0.4, -0.2) is 41.7 Å². The van der Waals surface area contributed by atoms with Gasteiger partial charge in [-0.25, -0.2) is 0 Å². The molecule has 2 aliphatic rings. The molecule has 34 heavy (non-hydrogen) atoms. The van der Waals surface area contributed by atoms with Crippen LogP contribution in [0.5, 0.6) is 11.5 Å². The molecule has 11 heteroatoms. The van der Waals surface area contributed by atoms with E-state index >= 15 is 0 Å². The molecule has 174 valence electrons. The predicted octanol–water partition coefficient (Wildman–Crippen LogP) is 2.39. The van der Waals surface area contributed by atoms with E-state index in [0.717, 1.165) is 9.60 Å². The van der Waals surface area contributed by atoms with Crippen LogP contribution in [0.1, 0.15) is 30.1 Å². The van der Waals surface area contributed by atoms with Gasteiger partial charge in [-0.05, 0) is 31.2 Å². The van der Waals surface area contributed by atoms with Crippen LogP contribution in [0, 0.1) is 0 Å². The first-order chi connectivity index (χ1) is 16.4. The first-order valence-electron chi connectivity index (χ1n) is 10.6. The fraction of sp³-hybridized carbons (Fsp3) is 0.261. The van der Waals surface area contributed by atoms with E-state index in [-0.39, 0.29) is 50.2 Å². The quantitative estimate of drug-likeness (QED) is 0.406. The Morgan fingerprint density at radius 2 is 1.74 bits per heavy atom. The maximum absolute atomic E-state index is 12.9. The van der Waals surface area contributed by atoms with E-state index in [1.54, 1.807) is 35.8 Å². The zero-order chi connectivity index (χ0) is 23.8. The standard InChI is InChI=1S/C23H19N3O7S/c1-2-31-21(29)11-25-15-9-16-17(33-12-32-16)10-18(15)34-23(25)24-22(30)13-3-5-14(6-4-13)26-19(27)7-8-20(26)28/h3-6,9-10H,2,7-8,11-12H2,1H3. The molecule has 2 aromatic carbocycles. The van der Waals surface area contributed by atoms with Crippen LogP contribution in [0.15, 0.2) is 41.4 Å². The van der Waals surface area contributed by atoms with Crippen molar-refractivity contribution in [3.05, 3.63) is 46.8 Å². The van der Waals surface area contributed by atoms with E-state index in [0.29, 0.717) is 27.5 Å². The molecular weight excluding hydrogens is 462 g/mol. The lowest BCUT2D eigenvalue weighted by molar-refractivity contribution is -0.143. The first-order valence-corrected chi connectivity index (χ1v) is 11.4. The summed E-state index contributed by atoms with van der Waals surface area (Å²) >= 11 is 1.23. The predicted molar refractivity (Wildman–Crippen MR) is 121 cm³/mol. The van der Waals surface area contributed by atoms with Gasteiger partial charge in [0.2, 0.25) is 18.6 Å². The summed E-state index contributed by atoms with van der Waals surface area (Å²) in [6.07, 6.45) is 0.363. The second-order valence-electron chi connectivity index (χ2n) is 7.54. The number of thiazole rings is 1.